The van der Waals surface area contributed by atoms with E-state index in [4.69, 9.17) is 0 Å². The van der Waals surface area contributed by atoms with Gasteiger partial charge in [-0.25, -0.2) is 0 Å². The van der Waals surface area contributed by atoms with Crippen LogP contribution in [0.25, 0.3) is 0 Å². The Hall–Kier alpha value is -2.29. The Balaban J connectivity index is 1.98. The van der Waals surface area contributed by atoms with E-state index in [0.29, 0.717) is 24.1 Å². The summed E-state index contributed by atoms with van der Waals surface area (Å²) in [5.74, 6) is 0.745. The van der Waals surface area contributed by atoms with Crippen molar-refractivity contribution in [1.29, 1.82) is 0 Å². The summed E-state index contributed by atoms with van der Waals surface area (Å²) in [7, 11) is 0. The third-order valence-corrected chi connectivity index (χ3v) is 5.21. The van der Waals surface area contributed by atoms with Gasteiger partial charge in [0.2, 0.25) is 0 Å². The topological polar surface area (TPSA) is 34.1 Å². The van der Waals surface area contributed by atoms with Crippen LogP contribution in [0, 0.1) is 0 Å². The average Bonchev–Trinajstić information content (AvgIpc) is 2.66. The molecule has 0 aliphatic carbocycles. The standard InChI is InChI=1S/C20H16F6O2S/c21-19(22,23)17-3-1-15(11-27)13(9-17)5-7-29-8-6-14-10-18(20(24,25)26)4-2-16(14)12-28/h1-4,9-12H,5-8H2. The lowest BCUT2D eigenvalue weighted by Gasteiger charge is -2.12. The molecule has 2 nitrogen and oxygen atoms in total. The van der Waals surface area contributed by atoms with Crippen molar-refractivity contribution >= 4 is 24.3 Å². The Morgan fingerprint density at radius 1 is 0.690 bits per heavy atom. The van der Waals surface area contributed by atoms with E-state index < -0.39 is 23.5 Å². The van der Waals surface area contributed by atoms with Crippen LogP contribution in [0.4, 0.5) is 26.3 Å². The molecule has 0 atom stereocenters. The zero-order chi connectivity index (χ0) is 21.7. The number of aryl methyl sites for hydroxylation is 2. The first-order valence-electron chi connectivity index (χ1n) is 8.44. The molecule has 0 aliphatic rings. The molecular formula is C20H16F6O2S. The van der Waals surface area contributed by atoms with Gasteiger partial charge in [0.25, 0.3) is 0 Å². The Bertz CT molecular complexity index is 803. The maximum absolute atomic E-state index is 12.8. The first kappa shape index (κ1) is 23.0. The van der Waals surface area contributed by atoms with Gasteiger partial charge in [0, 0.05) is 11.1 Å². The summed E-state index contributed by atoms with van der Waals surface area (Å²) < 4.78 is 76.9. The SMILES string of the molecule is O=Cc1ccc(C(F)(F)F)cc1CCSCCc1cc(C(F)(F)F)ccc1C=O. The second kappa shape index (κ2) is 9.47. The molecular weight excluding hydrogens is 418 g/mol. The molecule has 0 radical (unpaired) electrons. The quantitative estimate of drug-likeness (QED) is 0.296. The lowest BCUT2D eigenvalue weighted by atomic mass is 10.0. The highest BCUT2D eigenvalue weighted by atomic mass is 32.2. The molecule has 2 aromatic carbocycles. The highest BCUT2D eigenvalue weighted by molar-refractivity contribution is 7.99. The molecule has 0 heterocycles. The van der Waals surface area contributed by atoms with Gasteiger partial charge in [-0.15, -0.1) is 0 Å². The number of halogens is 6. The molecule has 156 valence electrons. The molecule has 0 spiro atoms. The molecule has 0 saturated heterocycles. The van der Waals surface area contributed by atoms with Crippen molar-refractivity contribution in [2.24, 2.45) is 0 Å². The van der Waals surface area contributed by atoms with Crippen LogP contribution in [0.2, 0.25) is 0 Å². The second-order valence-electron chi connectivity index (χ2n) is 6.17. The van der Waals surface area contributed by atoms with Crippen LogP contribution in [0.1, 0.15) is 43.0 Å². The highest BCUT2D eigenvalue weighted by Gasteiger charge is 2.31. The molecule has 29 heavy (non-hydrogen) atoms. The van der Waals surface area contributed by atoms with Gasteiger partial charge in [-0.2, -0.15) is 38.1 Å². The first-order chi connectivity index (χ1) is 13.6. The lowest BCUT2D eigenvalue weighted by Crippen LogP contribution is -2.08. The molecule has 2 aromatic rings. The second-order valence-corrected chi connectivity index (χ2v) is 7.40. The van der Waals surface area contributed by atoms with Crippen LogP contribution in [0.3, 0.4) is 0 Å². The third kappa shape index (κ3) is 6.35. The molecule has 0 amide bonds. The average molecular weight is 434 g/mol. The van der Waals surface area contributed by atoms with Gasteiger partial charge >= 0.3 is 12.4 Å². The van der Waals surface area contributed by atoms with E-state index in [1.54, 1.807) is 0 Å². The van der Waals surface area contributed by atoms with Crippen LogP contribution in [-0.2, 0) is 25.2 Å². The predicted molar refractivity (Wildman–Crippen MR) is 98.4 cm³/mol. The summed E-state index contributed by atoms with van der Waals surface area (Å²) in [4.78, 5) is 22.1. The van der Waals surface area contributed by atoms with Crippen LogP contribution in [0.15, 0.2) is 36.4 Å². The van der Waals surface area contributed by atoms with E-state index in [-0.39, 0.29) is 35.1 Å². The van der Waals surface area contributed by atoms with E-state index in [2.05, 4.69) is 0 Å². The Labute approximate surface area is 167 Å². The van der Waals surface area contributed by atoms with E-state index in [9.17, 15) is 35.9 Å². The van der Waals surface area contributed by atoms with Crippen molar-refractivity contribution in [3.05, 3.63) is 69.8 Å². The fraction of sp³-hybridized carbons (Fsp3) is 0.300. The fourth-order valence-corrected chi connectivity index (χ4v) is 3.63. The van der Waals surface area contributed by atoms with Crippen molar-refractivity contribution < 1.29 is 35.9 Å². The summed E-state index contributed by atoms with van der Waals surface area (Å²) in [6.07, 6.45) is -7.66. The van der Waals surface area contributed by atoms with Gasteiger partial charge in [0.1, 0.15) is 12.6 Å². The zero-order valence-corrected chi connectivity index (χ0v) is 15.8. The van der Waals surface area contributed by atoms with Gasteiger partial charge in [-0.3, -0.25) is 9.59 Å². The van der Waals surface area contributed by atoms with E-state index in [1.807, 2.05) is 0 Å². The molecule has 0 saturated carbocycles. The zero-order valence-electron chi connectivity index (χ0n) is 14.9. The normalized spacial score (nSPS) is 12.1. The number of carbonyl (C=O) groups is 2. The van der Waals surface area contributed by atoms with Gasteiger partial charge in [0.05, 0.1) is 11.1 Å². The molecule has 0 aliphatic heterocycles. The number of hydrogen-bond acceptors (Lipinski definition) is 3. The van der Waals surface area contributed by atoms with Crippen LogP contribution >= 0.6 is 11.8 Å². The molecule has 0 N–H and O–H groups in total. The van der Waals surface area contributed by atoms with Gasteiger partial charge in [-0.1, -0.05) is 12.1 Å². The summed E-state index contributed by atoms with van der Waals surface area (Å²) in [5, 5.41) is 0. The van der Waals surface area contributed by atoms with E-state index in [1.165, 1.54) is 11.8 Å². The summed E-state index contributed by atoms with van der Waals surface area (Å²) >= 11 is 1.31. The molecule has 9 heteroatoms. The van der Waals surface area contributed by atoms with Gasteiger partial charge < -0.3 is 0 Å². The van der Waals surface area contributed by atoms with Crippen LogP contribution in [0.5, 0.6) is 0 Å². The highest BCUT2D eigenvalue weighted by Crippen LogP contribution is 2.32. The molecule has 2 rings (SSSR count). The van der Waals surface area contributed by atoms with Crippen molar-refractivity contribution in [3.63, 3.8) is 0 Å². The van der Waals surface area contributed by atoms with Crippen molar-refractivity contribution in [3.8, 4) is 0 Å². The number of carbonyl (C=O) groups excluding carboxylic acids is 2. The lowest BCUT2D eigenvalue weighted by molar-refractivity contribution is -0.138. The number of aldehydes is 2. The number of benzene rings is 2. The predicted octanol–water partition coefficient (Wildman–Crippen LogP) is 5.87. The maximum atomic E-state index is 12.8. The van der Waals surface area contributed by atoms with Crippen molar-refractivity contribution in [2.45, 2.75) is 25.2 Å². The number of rotatable bonds is 8. The monoisotopic (exact) mass is 434 g/mol. The van der Waals surface area contributed by atoms with Crippen molar-refractivity contribution in [1.82, 2.24) is 0 Å². The smallest absolute Gasteiger partial charge is 0.298 e. The number of hydrogen-bond donors (Lipinski definition) is 0. The Kier molecular flexibility index (Phi) is 7.51. The molecule has 0 fully saturated rings. The van der Waals surface area contributed by atoms with E-state index in [0.717, 1.165) is 36.4 Å². The number of alkyl halides is 6. The van der Waals surface area contributed by atoms with E-state index >= 15 is 0 Å². The largest absolute Gasteiger partial charge is 0.416 e. The minimum Gasteiger partial charge on any atom is -0.298 e. The minimum absolute atomic E-state index is 0.166. The fourth-order valence-electron chi connectivity index (χ4n) is 2.69. The Morgan fingerprint density at radius 3 is 1.38 bits per heavy atom. The first-order valence-corrected chi connectivity index (χ1v) is 9.60. The molecule has 0 aromatic heterocycles. The summed E-state index contributed by atoms with van der Waals surface area (Å²) in [6, 6.07) is 5.79. The number of thioether (sulfide) groups is 1. The third-order valence-electron chi connectivity index (χ3n) is 4.23. The molecule has 0 unspecified atom stereocenters. The van der Waals surface area contributed by atoms with Crippen LogP contribution < -0.4 is 0 Å². The van der Waals surface area contributed by atoms with Gasteiger partial charge in [0.15, 0.2) is 0 Å². The summed E-state index contributed by atoms with van der Waals surface area (Å²) in [6.45, 7) is 0. The Morgan fingerprint density at radius 2 is 1.07 bits per heavy atom. The molecule has 0 bridgehead atoms. The van der Waals surface area contributed by atoms with Crippen LogP contribution in [-0.4, -0.2) is 24.1 Å². The minimum atomic E-state index is -4.52. The maximum Gasteiger partial charge on any atom is 0.416 e. The summed E-state index contributed by atoms with van der Waals surface area (Å²) in [5.41, 5.74) is -0.838. The van der Waals surface area contributed by atoms with Crippen molar-refractivity contribution in [2.75, 3.05) is 11.5 Å². The van der Waals surface area contributed by atoms with Gasteiger partial charge in [-0.05, 0) is 59.7 Å².